The molecule has 0 radical (unpaired) electrons. The van der Waals surface area contributed by atoms with E-state index in [9.17, 15) is 9.59 Å². The fourth-order valence-corrected chi connectivity index (χ4v) is 2.77. The van der Waals surface area contributed by atoms with Gasteiger partial charge in [0.15, 0.2) is 5.65 Å². The van der Waals surface area contributed by atoms with Crippen molar-refractivity contribution in [3.05, 3.63) is 39.9 Å². The second kappa shape index (κ2) is 4.94. The number of pyridine rings is 1. The Morgan fingerprint density at radius 2 is 2.09 bits per heavy atom. The summed E-state index contributed by atoms with van der Waals surface area (Å²) in [5.74, 6) is -0.119. The quantitative estimate of drug-likeness (QED) is 0.642. The Bertz CT molecular complexity index is 988. The SMILES string of the molecule is COc1nc2c(-c3cc4c([nH]3)CCNC4=O)ccnc2[nH]c1=O. The summed E-state index contributed by atoms with van der Waals surface area (Å²) in [4.78, 5) is 38.0. The number of rotatable bonds is 2. The number of methoxy groups -OCH3 is 1. The number of amides is 1. The second-order valence-corrected chi connectivity index (χ2v) is 5.21. The van der Waals surface area contributed by atoms with Gasteiger partial charge in [-0.05, 0) is 12.1 Å². The summed E-state index contributed by atoms with van der Waals surface area (Å²) in [5.41, 5.74) is 3.45. The van der Waals surface area contributed by atoms with Gasteiger partial charge in [-0.3, -0.25) is 9.59 Å². The van der Waals surface area contributed by atoms with Crippen molar-refractivity contribution in [2.45, 2.75) is 6.42 Å². The van der Waals surface area contributed by atoms with Crippen molar-refractivity contribution < 1.29 is 9.53 Å². The molecule has 0 bridgehead atoms. The molecule has 0 atom stereocenters. The summed E-state index contributed by atoms with van der Waals surface area (Å²) in [7, 11) is 1.39. The van der Waals surface area contributed by atoms with Gasteiger partial charge in [-0.25, -0.2) is 9.97 Å². The van der Waals surface area contributed by atoms with Gasteiger partial charge in [0.25, 0.3) is 11.8 Å². The Morgan fingerprint density at radius 1 is 1.22 bits per heavy atom. The average Bonchev–Trinajstić information content (AvgIpc) is 2.99. The topological polar surface area (TPSA) is 113 Å². The van der Waals surface area contributed by atoms with Crippen molar-refractivity contribution in [1.29, 1.82) is 0 Å². The summed E-state index contributed by atoms with van der Waals surface area (Å²) in [6.07, 6.45) is 2.33. The van der Waals surface area contributed by atoms with E-state index in [0.717, 1.165) is 23.4 Å². The van der Waals surface area contributed by atoms with Crippen LogP contribution in [0.25, 0.3) is 22.4 Å². The lowest BCUT2D eigenvalue weighted by Gasteiger charge is -2.11. The average molecular weight is 311 g/mol. The van der Waals surface area contributed by atoms with Crippen LogP contribution >= 0.6 is 0 Å². The summed E-state index contributed by atoms with van der Waals surface area (Å²) >= 11 is 0. The van der Waals surface area contributed by atoms with Crippen molar-refractivity contribution in [1.82, 2.24) is 25.3 Å². The normalized spacial score (nSPS) is 13.7. The molecule has 116 valence electrons. The van der Waals surface area contributed by atoms with Gasteiger partial charge in [-0.1, -0.05) is 0 Å². The Labute approximate surface area is 129 Å². The number of nitrogens with zero attached hydrogens (tertiary/aromatic N) is 2. The predicted octanol–water partition coefficient (Wildman–Crippen LogP) is 0.608. The number of aromatic amines is 2. The summed E-state index contributed by atoms with van der Waals surface area (Å²) < 4.78 is 4.99. The van der Waals surface area contributed by atoms with E-state index in [1.807, 2.05) is 0 Å². The van der Waals surface area contributed by atoms with Gasteiger partial charge in [0.1, 0.15) is 5.52 Å². The minimum atomic E-state index is -0.435. The molecule has 0 saturated heterocycles. The molecule has 8 heteroatoms. The first kappa shape index (κ1) is 13.5. The largest absolute Gasteiger partial charge is 0.477 e. The highest BCUT2D eigenvalue weighted by Gasteiger charge is 2.21. The smallest absolute Gasteiger partial charge is 0.312 e. The molecule has 0 fully saturated rings. The maximum atomic E-state index is 11.9. The van der Waals surface area contributed by atoms with Crippen LogP contribution in [-0.4, -0.2) is 39.5 Å². The molecule has 0 unspecified atom stereocenters. The van der Waals surface area contributed by atoms with E-state index in [4.69, 9.17) is 4.74 Å². The second-order valence-electron chi connectivity index (χ2n) is 5.21. The summed E-state index contributed by atoms with van der Waals surface area (Å²) in [6, 6.07) is 3.57. The highest BCUT2D eigenvalue weighted by Crippen LogP contribution is 2.28. The van der Waals surface area contributed by atoms with Gasteiger partial charge in [0.2, 0.25) is 0 Å². The molecule has 23 heavy (non-hydrogen) atoms. The van der Waals surface area contributed by atoms with E-state index in [-0.39, 0.29) is 11.8 Å². The van der Waals surface area contributed by atoms with Crippen LogP contribution in [0.2, 0.25) is 0 Å². The van der Waals surface area contributed by atoms with Gasteiger partial charge in [-0.2, -0.15) is 0 Å². The van der Waals surface area contributed by atoms with Gasteiger partial charge >= 0.3 is 5.56 Å². The number of fused-ring (bicyclic) bond motifs is 2. The van der Waals surface area contributed by atoms with Crippen LogP contribution in [0.15, 0.2) is 23.1 Å². The van der Waals surface area contributed by atoms with Crippen LogP contribution in [0.1, 0.15) is 16.1 Å². The molecule has 0 saturated carbocycles. The number of carbonyl (C=O) groups excluding carboxylic acids is 1. The standard InChI is InChI=1S/C15H13N5O3/c1-23-15-14(22)20-12-11(19-15)7(2-4-16-12)10-6-8-9(18-10)3-5-17-13(8)21/h2,4,6,18H,3,5H2,1H3,(H,17,21)(H,16,20,22). The van der Waals surface area contributed by atoms with Crippen molar-refractivity contribution in [2.24, 2.45) is 0 Å². The first-order valence-corrected chi connectivity index (χ1v) is 7.11. The highest BCUT2D eigenvalue weighted by molar-refractivity contribution is 5.99. The maximum Gasteiger partial charge on any atom is 0.312 e. The van der Waals surface area contributed by atoms with E-state index in [1.54, 1.807) is 18.3 Å². The summed E-state index contributed by atoms with van der Waals surface area (Å²) in [5, 5.41) is 2.81. The van der Waals surface area contributed by atoms with Crippen molar-refractivity contribution in [3.8, 4) is 17.1 Å². The number of hydrogen-bond donors (Lipinski definition) is 3. The molecule has 3 aromatic heterocycles. The Kier molecular flexibility index (Phi) is 2.90. The van der Waals surface area contributed by atoms with Crippen LogP contribution in [0, 0.1) is 0 Å². The molecular weight excluding hydrogens is 298 g/mol. The van der Waals surface area contributed by atoms with E-state index < -0.39 is 5.56 Å². The number of H-pyrrole nitrogens is 2. The lowest BCUT2D eigenvalue weighted by Crippen LogP contribution is -2.31. The number of carbonyl (C=O) groups is 1. The van der Waals surface area contributed by atoms with Crippen LogP contribution in [0.3, 0.4) is 0 Å². The third-order valence-electron chi connectivity index (χ3n) is 3.85. The van der Waals surface area contributed by atoms with Gasteiger partial charge in [-0.15, -0.1) is 0 Å². The first-order valence-electron chi connectivity index (χ1n) is 7.11. The zero-order chi connectivity index (χ0) is 16.0. The van der Waals surface area contributed by atoms with Crippen LogP contribution < -0.4 is 15.6 Å². The fraction of sp³-hybridized carbons (Fsp3) is 0.200. The van der Waals surface area contributed by atoms with Gasteiger partial charge in [0.05, 0.1) is 12.7 Å². The molecule has 8 nitrogen and oxygen atoms in total. The predicted molar refractivity (Wildman–Crippen MR) is 82.5 cm³/mol. The van der Waals surface area contributed by atoms with Crippen LogP contribution in [0.4, 0.5) is 0 Å². The monoisotopic (exact) mass is 311 g/mol. The third kappa shape index (κ3) is 2.07. The highest BCUT2D eigenvalue weighted by atomic mass is 16.5. The number of nitrogens with one attached hydrogen (secondary N) is 3. The molecule has 3 aromatic rings. The maximum absolute atomic E-state index is 11.9. The molecule has 1 amide bonds. The number of aromatic nitrogens is 4. The lowest BCUT2D eigenvalue weighted by molar-refractivity contribution is 0.0946. The molecule has 3 N–H and O–H groups in total. The summed E-state index contributed by atoms with van der Waals surface area (Å²) in [6.45, 7) is 0.613. The first-order chi connectivity index (χ1) is 11.2. The molecule has 4 rings (SSSR count). The molecule has 0 aliphatic carbocycles. The Morgan fingerprint density at radius 3 is 2.87 bits per heavy atom. The minimum Gasteiger partial charge on any atom is -0.477 e. The molecule has 4 heterocycles. The van der Waals surface area contributed by atoms with Gasteiger partial charge in [0, 0.05) is 36.1 Å². The van der Waals surface area contributed by atoms with E-state index in [0.29, 0.717) is 23.3 Å². The molecular formula is C15H13N5O3. The molecule has 1 aliphatic rings. The molecule has 0 aromatic carbocycles. The minimum absolute atomic E-state index is 0.0270. The zero-order valence-electron chi connectivity index (χ0n) is 12.3. The molecule has 0 spiro atoms. The van der Waals surface area contributed by atoms with Crippen molar-refractivity contribution >= 4 is 17.1 Å². The van der Waals surface area contributed by atoms with Crippen LogP contribution in [-0.2, 0) is 6.42 Å². The van der Waals surface area contributed by atoms with Gasteiger partial charge < -0.3 is 20.0 Å². The number of hydrogen-bond acceptors (Lipinski definition) is 5. The Hall–Kier alpha value is -3.16. The van der Waals surface area contributed by atoms with Crippen LogP contribution in [0.5, 0.6) is 5.88 Å². The van der Waals surface area contributed by atoms with Crippen molar-refractivity contribution in [2.75, 3.05) is 13.7 Å². The fourth-order valence-electron chi connectivity index (χ4n) is 2.77. The van der Waals surface area contributed by atoms with E-state index >= 15 is 0 Å². The van der Waals surface area contributed by atoms with E-state index in [1.165, 1.54) is 7.11 Å². The van der Waals surface area contributed by atoms with E-state index in [2.05, 4.69) is 25.3 Å². The Balaban J connectivity index is 1.95. The molecule has 1 aliphatic heterocycles. The third-order valence-corrected chi connectivity index (χ3v) is 3.85. The number of ether oxygens (including phenoxy) is 1. The van der Waals surface area contributed by atoms with Crippen molar-refractivity contribution in [3.63, 3.8) is 0 Å². The lowest BCUT2D eigenvalue weighted by atomic mass is 10.1. The zero-order valence-corrected chi connectivity index (χ0v) is 12.3.